The van der Waals surface area contributed by atoms with Crippen LogP contribution >= 0.6 is 0 Å². The number of aromatic carboxylic acids is 1. The third-order valence-electron chi connectivity index (χ3n) is 3.77. The van der Waals surface area contributed by atoms with Crippen LogP contribution in [0.15, 0.2) is 6.07 Å². The first kappa shape index (κ1) is 13.1. The second kappa shape index (κ2) is 4.71. The highest BCUT2D eigenvalue weighted by atomic mass is 16.4. The lowest BCUT2D eigenvalue weighted by atomic mass is 9.80. The zero-order chi connectivity index (χ0) is 13.4. The Hall–Kier alpha value is -1.38. The fourth-order valence-corrected chi connectivity index (χ4v) is 2.93. The Morgan fingerprint density at radius 3 is 2.67 bits per heavy atom. The molecule has 0 spiro atoms. The lowest BCUT2D eigenvalue weighted by Crippen LogP contribution is -2.20. The molecule has 0 aromatic carbocycles. The predicted octanol–water partition coefficient (Wildman–Crippen LogP) is 3.59. The number of rotatable bonds is 2. The van der Waals surface area contributed by atoms with Crippen LogP contribution in [-0.2, 0) is 6.42 Å². The molecule has 1 aromatic heterocycles. The molecule has 0 saturated heterocycles. The van der Waals surface area contributed by atoms with Crippen LogP contribution in [0.4, 0.5) is 0 Å². The summed E-state index contributed by atoms with van der Waals surface area (Å²) in [6.07, 6.45) is 2.09. The van der Waals surface area contributed by atoms with Gasteiger partial charge in [0, 0.05) is 5.69 Å². The van der Waals surface area contributed by atoms with Gasteiger partial charge in [-0.3, -0.25) is 4.98 Å². The zero-order valence-electron chi connectivity index (χ0n) is 11.5. The lowest BCUT2D eigenvalue weighted by molar-refractivity contribution is 0.0694. The number of hydrogen-bond donors (Lipinski definition) is 1. The number of carboxylic acid groups (broad SMARTS) is 1. The van der Waals surface area contributed by atoms with E-state index in [1.165, 1.54) is 0 Å². The van der Waals surface area contributed by atoms with Gasteiger partial charge >= 0.3 is 5.97 Å². The molecule has 2 rings (SSSR count). The molecule has 0 radical (unpaired) electrons. The SMILES string of the molecule is CC1Cc2nc(C(C)C)c(C(=O)O)cc2C(C)C1. The van der Waals surface area contributed by atoms with E-state index in [9.17, 15) is 9.90 Å². The number of aromatic nitrogens is 1. The normalized spacial score (nSPS) is 22.9. The molecule has 1 heterocycles. The van der Waals surface area contributed by atoms with Crippen molar-refractivity contribution in [1.82, 2.24) is 4.98 Å². The Balaban J connectivity index is 2.58. The summed E-state index contributed by atoms with van der Waals surface area (Å²) in [6.45, 7) is 8.39. The molecule has 0 amide bonds. The minimum atomic E-state index is -0.861. The number of pyridine rings is 1. The second-order valence-corrected chi connectivity index (χ2v) is 5.86. The van der Waals surface area contributed by atoms with Crippen LogP contribution in [-0.4, -0.2) is 16.1 Å². The first-order valence-corrected chi connectivity index (χ1v) is 6.67. The largest absolute Gasteiger partial charge is 0.478 e. The molecule has 2 atom stereocenters. The molecule has 0 aliphatic heterocycles. The molecule has 1 aliphatic rings. The predicted molar refractivity (Wildman–Crippen MR) is 71.2 cm³/mol. The summed E-state index contributed by atoms with van der Waals surface area (Å²) in [5.41, 5.74) is 3.34. The zero-order valence-corrected chi connectivity index (χ0v) is 11.5. The van der Waals surface area contributed by atoms with E-state index in [2.05, 4.69) is 18.8 Å². The maximum atomic E-state index is 11.3. The summed E-state index contributed by atoms with van der Waals surface area (Å²) in [7, 11) is 0. The monoisotopic (exact) mass is 247 g/mol. The van der Waals surface area contributed by atoms with Crippen molar-refractivity contribution in [1.29, 1.82) is 0 Å². The van der Waals surface area contributed by atoms with E-state index in [1.54, 1.807) is 0 Å². The smallest absolute Gasteiger partial charge is 0.337 e. The topological polar surface area (TPSA) is 50.2 Å². The molecular weight excluding hydrogens is 226 g/mol. The fraction of sp³-hybridized carbons (Fsp3) is 0.600. The summed E-state index contributed by atoms with van der Waals surface area (Å²) in [6, 6.07) is 1.86. The van der Waals surface area contributed by atoms with Gasteiger partial charge in [-0.1, -0.05) is 27.7 Å². The van der Waals surface area contributed by atoms with Gasteiger partial charge in [0.05, 0.1) is 11.3 Å². The van der Waals surface area contributed by atoms with Gasteiger partial charge in [0.1, 0.15) is 0 Å². The van der Waals surface area contributed by atoms with Crippen molar-refractivity contribution in [3.63, 3.8) is 0 Å². The number of nitrogens with zero attached hydrogens (tertiary/aromatic N) is 1. The average molecular weight is 247 g/mol. The molecule has 0 saturated carbocycles. The number of hydrogen-bond acceptors (Lipinski definition) is 2. The van der Waals surface area contributed by atoms with Crippen molar-refractivity contribution in [3.8, 4) is 0 Å². The van der Waals surface area contributed by atoms with E-state index in [4.69, 9.17) is 0 Å². The van der Waals surface area contributed by atoms with E-state index in [1.807, 2.05) is 19.9 Å². The van der Waals surface area contributed by atoms with Crippen molar-refractivity contribution in [2.45, 2.75) is 52.4 Å². The van der Waals surface area contributed by atoms with Crippen molar-refractivity contribution < 1.29 is 9.90 Å². The highest BCUT2D eigenvalue weighted by molar-refractivity contribution is 5.89. The first-order chi connectivity index (χ1) is 8.40. The first-order valence-electron chi connectivity index (χ1n) is 6.67. The van der Waals surface area contributed by atoms with Crippen molar-refractivity contribution >= 4 is 5.97 Å². The minimum absolute atomic E-state index is 0.147. The van der Waals surface area contributed by atoms with Gasteiger partial charge in [0.2, 0.25) is 0 Å². The number of carboxylic acids is 1. The van der Waals surface area contributed by atoms with Crippen LogP contribution < -0.4 is 0 Å². The van der Waals surface area contributed by atoms with Crippen molar-refractivity contribution in [2.24, 2.45) is 5.92 Å². The van der Waals surface area contributed by atoms with E-state index in [-0.39, 0.29) is 5.92 Å². The van der Waals surface area contributed by atoms with Gasteiger partial charge in [-0.05, 0) is 42.2 Å². The van der Waals surface area contributed by atoms with E-state index in [0.717, 1.165) is 29.8 Å². The van der Waals surface area contributed by atoms with Gasteiger partial charge in [0.15, 0.2) is 0 Å². The molecule has 0 fully saturated rings. The third kappa shape index (κ3) is 2.26. The Kier molecular flexibility index (Phi) is 3.42. The van der Waals surface area contributed by atoms with E-state index in [0.29, 0.717) is 17.4 Å². The second-order valence-electron chi connectivity index (χ2n) is 5.86. The summed E-state index contributed by atoms with van der Waals surface area (Å²) >= 11 is 0. The highest BCUT2D eigenvalue weighted by Crippen LogP contribution is 2.35. The molecule has 98 valence electrons. The lowest BCUT2D eigenvalue weighted by Gasteiger charge is -2.28. The Morgan fingerprint density at radius 1 is 1.44 bits per heavy atom. The molecule has 2 unspecified atom stereocenters. The fourth-order valence-electron chi connectivity index (χ4n) is 2.93. The van der Waals surface area contributed by atoms with Crippen LogP contribution in [0, 0.1) is 5.92 Å². The molecule has 1 N–H and O–H groups in total. The van der Waals surface area contributed by atoms with Crippen LogP contribution in [0.1, 0.15) is 73.3 Å². The maximum absolute atomic E-state index is 11.3. The molecular formula is C15H21NO2. The summed E-state index contributed by atoms with van der Waals surface area (Å²) in [4.78, 5) is 16.0. The van der Waals surface area contributed by atoms with Crippen molar-refractivity contribution in [2.75, 3.05) is 0 Å². The van der Waals surface area contributed by atoms with E-state index >= 15 is 0 Å². The molecule has 1 aromatic rings. The maximum Gasteiger partial charge on any atom is 0.337 e. The van der Waals surface area contributed by atoms with E-state index < -0.39 is 5.97 Å². The molecule has 3 heteroatoms. The van der Waals surface area contributed by atoms with Gasteiger partial charge < -0.3 is 5.11 Å². The summed E-state index contributed by atoms with van der Waals surface area (Å²) in [5, 5.41) is 9.31. The molecule has 1 aliphatic carbocycles. The number of fused-ring (bicyclic) bond motifs is 1. The van der Waals surface area contributed by atoms with Crippen LogP contribution in [0.25, 0.3) is 0 Å². The van der Waals surface area contributed by atoms with Crippen LogP contribution in [0.5, 0.6) is 0 Å². The van der Waals surface area contributed by atoms with Gasteiger partial charge in [-0.2, -0.15) is 0 Å². The van der Waals surface area contributed by atoms with Gasteiger partial charge in [0.25, 0.3) is 0 Å². The molecule has 3 nitrogen and oxygen atoms in total. The molecule has 0 bridgehead atoms. The Morgan fingerprint density at radius 2 is 2.11 bits per heavy atom. The van der Waals surface area contributed by atoms with Crippen LogP contribution in [0.2, 0.25) is 0 Å². The minimum Gasteiger partial charge on any atom is -0.478 e. The van der Waals surface area contributed by atoms with Crippen molar-refractivity contribution in [3.05, 3.63) is 28.6 Å². The standard InChI is InChI=1S/C15H21NO2/c1-8(2)14-12(15(17)18)7-11-10(4)5-9(3)6-13(11)16-14/h7-10H,5-6H2,1-4H3,(H,17,18). The summed E-state index contributed by atoms with van der Waals surface area (Å²) in [5.74, 6) is 0.333. The molecule has 18 heavy (non-hydrogen) atoms. The van der Waals surface area contributed by atoms with Crippen LogP contribution in [0.3, 0.4) is 0 Å². The quantitative estimate of drug-likeness (QED) is 0.868. The Labute approximate surface area is 108 Å². The van der Waals surface area contributed by atoms with Gasteiger partial charge in [-0.25, -0.2) is 4.79 Å². The Bertz CT molecular complexity index is 480. The van der Waals surface area contributed by atoms with Gasteiger partial charge in [-0.15, -0.1) is 0 Å². The number of carbonyl (C=O) groups is 1. The third-order valence-corrected chi connectivity index (χ3v) is 3.77. The average Bonchev–Trinajstić information content (AvgIpc) is 2.26. The highest BCUT2D eigenvalue weighted by Gasteiger charge is 2.26. The summed E-state index contributed by atoms with van der Waals surface area (Å²) < 4.78 is 0.